The molecule has 122 valence electrons. The maximum absolute atomic E-state index is 13.6. The lowest BCUT2D eigenvalue weighted by Crippen LogP contribution is -2.30. The Bertz CT molecular complexity index is 897. The molecule has 0 fully saturated rings. The van der Waals surface area contributed by atoms with Crippen LogP contribution in [0.25, 0.3) is 10.8 Å². The van der Waals surface area contributed by atoms with Crippen molar-refractivity contribution in [3.8, 4) is 5.75 Å². The van der Waals surface area contributed by atoms with E-state index in [1.165, 1.54) is 12.1 Å². The van der Waals surface area contributed by atoms with Gasteiger partial charge < -0.3 is 10.1 Å². The van der Waals surface area contributed by atoms with Crippen LogP contribution < -0.4 is 10.1 Å². The van der Waals surface area contributed by atoms with Gasteiger partial charge in [-0.1, -0.05) is 42.5 Å². The Hall–Kier alpha value is -2.40. The molecular formula is C19H15BrFNO2. The second-order valence-corrected chi connectivity index (χ2v) is 6.12. The SMILES string of the molecule is C[C@@H](Oc1ccc2ccccc2c1Br)C(=O)Nc1ccccc1F. The molecule has 24 heavy (non-hydrogen) atoms. The number of nitrogens with one attached hydrogen (secondary N) is 1. The summed E-state index contributed by atoms with van der Waals surface area (Å²) in [5.41, 5.74) is 0.135. The first kappa shape index (κ1) is 16.5. The summed E-state index contributed by atoms with van der Waals surface area (Å²) in [5.74, 6) is -0.338. The number of carbonyl (C=O) groups is 1. The summed E-state index contributed by atoms with van der Waals surface area (Å²) < 4.78 is 20.1. The molecule has 0 aliphatic rings. The van der Waals surface area contributed by atoms with Gasteiger partial charge in [-0.15, -0.1) is 0 Å². The molecule has 0 aliphatic carbocycles. The molecule has 3 aromatic carbocycles. The van der Waals surface area contributed by atoms with E-state index in [4.69, 9.17) is 4.74 Å². The smallest absolute Gasteiger partial charge is 0.265 e. The van der Waals surface area contributed by atoms with E-state index >= 15 is 0 Å². The zero-order valence-electron chi connectivity index (χ0n) is 12.9. The Kier molecular flexibility index (Phi) is 4.81. The van der Waals surface area contributed by atoms with Gasteiger partial charge in [0.1, 0.15) is 11.6 Å². The third kappa shape index (κ3) is 3.41. The average Bonchev–Trinajstić information content (AvgIpc) is 2.59. The average molecular weight is 388 g/mol. The minimum atomic E-state index is -0.776. The topological polar surface area (TPSA) is 38.3 Å². The number of para-hydroxylation sites is 1. The van der Waals surface area contributed by atoms with E-state index in [1.807, 2.05) is 30.3 Å². The number of rotatable bonds is 4. The molecule has 0 radical (unpaired) electrons. The summed E-state index contributed by atoms with van der Waals surface area (Å²) in [6.45, 7) is 1.62. The van der Waals surface area contributed by atoms with Crippen LogP contribution in [0.1, 0.15) is 6.92 Å². The van der Waals surface area contributed by atoms with Gasteiger partial charge in [0.15, 0.2) is 6.10 Å². The summed E-state index contributed by atoms with van der Waals surface area (Å²) >= 11 is 3.52. The lowest BCUT2D eigenvalue weighted by atomic mass is 10.1. The van der Waals surface area contributed by atoms with Crippen LogP contribution in [-0.2, 0) is 4.79 Å². The maximum atomic E-state index is 13.6. The number of hydrogen-bond donors (Lipinski definition) is 1. The first-order valence-corrected chi connectivity index (χ1v) is 8.25. The van der Waals surface area contributed by atoms with Gasteiger partial charge in [-0.05, 0) is 51.8 Å². The van der Waals surface area contributed by atoms with Crippen LogP contribution in [0.2, 0.25) is 0 Å². The van der Waals surface area contributed by atoms with Gasteiger partial charge in [-0.3, -0.25) is 4.79 Å². The van der Waals surface area contributed by atoms with Crippen molar-refractivity contribution in [3.05, 3.63) is 71.0 Å². The van der Waals surface area contributed by atoms with Gasteiger partial charge in [0, 0.05) is 0 Å². The van der Waals surface area contributed by atoms with Gasteiger partial charge in [0.25, 0.3) is 5.91 Å². The molecular weight excluding hydrogens is 373 g/mol. The molecule has 1 N–H and O–H groups in total. The van der Waals surface area contributed by atoms with Crippen LogP contribution in [0.15, 0.2) is 65.1 Å². The molecule has 0 spiro atoms. The molecule has 3 rings (SSSR count). The van der Waals surface area contributed by atoms with Gasteiger partial charge in [0.2, 0.25) is 0 Å². The van der Waals surface area contributed by atoms with E-state index in [9.17, 15) is 9.18 Å². The van der Waals surface area contributed by atoms with Crippen LogP contribution in [-0.4, -0.2) is 12.0 Å². The second kappa shape index (κ2) is 7.01. The fourth-order valence-corrected chi connectivity index (χ4v) is 2.93. The zero-order valence-corrected chi connectivity index (χ0v) is 14.5. The number of halogens is 2. The Balaban J connectivity index is 1.77. The predicted molar refractivity (Wildman–Crippen MR) is 96.8 cm³/mol. The monoisotopic (exact) mass is 387 g/mol. The highest BCUT2D eigenvalue weighted by molar-refractivity contribution is 9.10. The standard InChI is InChI=1S/C19H15BrFNO2/c1-12(19(23)22-16-9-5-4-8-15(16)21)24-17-11-10-13-6-2-3-7-14(13)18(17)20/h2-12H,1H3,(H,22,23)/t12-/m1/s1. The first-order chi connectivity index (χ1) is 11.6. The van der Waals surface area contributed by atoms with Gasteiger partial charge >= 0.3 is 0 Å². The molecule has 1 amide bonds. The fraction of sp³-hybridized carbons (Fsp3) is 0.105. The summed E-state index contributed by atoms with van der Waals surface area (Å²) in [5, 5.41) is 4.60. The van der Waals surface area contributed by atoms with E-state index in [-0.39, 0.29) is 5.69 Å². The number of benzene rings is 3. The minimum Gasteiger partial charge on any atom is -0.480 e. The maximum Gasteiger partial charge on any atom is 0.265 e. The number of anilines is 1. The lowest BCUT2D eigenvalue weighted by Gasteiger charge is -2.17. The lowest BCUT2D eigenvalue weighted by molar-refractivity contribution is -0.122. The third-order valence-electron chi connectivity index (χ3n) is 3.63. The molecule has 0 unspecified atom stereocenters. The van der Waals surface area contributed by atoms with Crippen molar-refractivity contribution >= 4 is 38.3 Å². The molecule has 0 bridgehead atoms. The highest BCUT2D eigenvalue weighted by Crippen LogP contribution is 2.33. The predicted octanol–water partition coefficient (Wildman–Crippen LogP) is 5.15. The van der Waals surface area contributed by atoms with Crippen molar-refractivity contribution in [2.75, 3.05) is 5.32 Å². The Morgan fingerprint density at radius 1 is 1.08 bits per heavy atom. The quantitative estimate of drug-likeness (QED) is 0.672. The molecule has 3 nitrogen and oxygen atoms in total. The molecule has 0 saturated heterocycles. The Morgan fingerprint density at radius 3 is 2.58 bits per heavy atom. The number of amides is 1. The molecule has 5 heteroatoms. The summed E-state index contributed by atoms with van der Waals surface area (Å²) in [6, 6.07) is 17.6. The number of ether oxygens (including phenoxy) is 1. The van der Waals surface area contributed by atoms with Gasteiger partial charge in [-0.25, -0.2) is 4.39 Å². The van der Waals surface area contributed by atoms with Crippen molar-refractivity contribution in [1.29, 1.82) is 0 Å². The Morgan fingerprint density at radius 2 is 1.79 bits per heavy atom. The second-order valence-electron chi connectivity index (χ2n) is 5.33. The number of hydrogen-bond acceptors (Lipinski definition) is 2. The summed E-state index contributed by atoms with van der Waals surface area (Å²) in [4.78, 5) is 12.2. The Labute approximate surface area is 147 Å². The van der Waals surface area contributed by atoms with E-state index in [0.29, 0.717) is 5.75 Å². The van der Waals surface area contributed by atoms with Crippen LogP contribution in [0.4, 0.5) is 10.1 Å². The van der Waals surface area contributed by atoms with Crippen LogP contribution >= 0.6 is 15.9 Å². The largest absolute Gasteiger partial charge is 0.480 e. The van der Waals surface area contributed by atoms with Crippen LogP contribution in [0.5, 0.6) is 5.75 Å². The fourth-order valence-electron chi connectivity index (χ4n) is 2.35. The van der Waals surface area contributed by atoms with Crippen LogP contribution in [0.3, 0.4) is 0 Å². The summed E-state index contributed by atoms with van der Waals surface area (Å²) in [6.07, 6.45) is -0.776. The van der Waals surface area contributed by atoms with Crippen molar-refractivity contribution in [2.45, 2.75) is 13.0 Å². The van der Waals surface area contributed by atoms with Crippen molar-refractivity contribution < 1.29 is 13.9 Å². The van der Waals surface area contributed by atoms with Crippen molar-refractivity contribution in [1.82, 2.24) is 0 Å². The van der Waals surface area contributed by atoms with Crippen molar-refractivity contribution in [3.63, 3.8) is 0 Å². The highest BCUT2D eigenvalue weighted by atomic mass is 79.9. The molecule has 3 aromatic rings. The first-order valence-electron chi connectivity index (χ1n) is 7.45. The minimum absolute atomic E-state index is 0.135. The van der Waals surface area contributed by atoms with E-state index < -0.39 is 17.8 Å². The highest BCUT2D eigenvalue weighted by Gasteiger charge is 2.18. The normalized spacial score (nSPS) is 12.0. The van der Waals surface area contributed by atoms with Gasteiger partial charge in [-0.2, -0.15) is 0 Å². The van der Waals surface area contributed by atoms with Crippen molar-refractivity contribution in [2.24, 2.45) is 0 Å². The molecule has 0 heterocycles. The van der Waals surface area contributed by atoms with Gasteiger partial charge in [0.05, 0.1) is 10.2 Å². The van der Waals surface area contributed by atoms with E-state index in [0.717, 1.165) is 15.2 Å². The summed E-state index contributed by atoms with van der Waals surface area (Å²) in [7, 11) is 0. The zero-order chi connectivity index (χ0) is 17.1. The number of fused-ring (bicyclic) bond motifs is 1. The molecule has 0 saturated carbocycles. The molecule has 0 aliphatic heterocycles. The van der Waals surface area contributed by atoms with Crippen LogP contribution in [0, 0.1) is 5.82 Å². The van der Waals surface area contributed by atoms with E-state index in [1.54, 1.807) is 25.1 Å². The van der Waals surface area contributed by atoms with E-state index in [2.05, 4.69) is 21.2 Å². The molecule has 1 atom stereocenters. The number of carbonyl (C=O) groups excluding carboxylic acids is 1. The third-order valence-corrected chi connectivity index (χ3v) is 4.45. The molecule has 0 aromatic heterocycles.